The molecule has 37 heavy (non-hydrogen) atoms. The SMILES string of the molecule is Clc1ccc2sc(SCCOc3cc4c(cc3OCc3cccc5ccccc35)[C@@H]3CC[C@H]4N3)nc2c1. The first-order valence-corrected chi connectivity index (χ1v) is 14.7. The van der Waals surface area contributed by atoms with Gasteiger partial charge >= 0.3 is 0 Å². The summed E-state index contributed by atoms with van der Waals surface area (Å²) >= 11 is 9.52. The van der Waals surface area contributed by atoms with Crippen LogP contribution >= 0.6 is 34.7 Å². The summed E-state index contributed by atoms with van der Waals surface area (Å²) in [6.45, 7) is 1.08. The molecule has 186 valence electrons. The van der Waals surface area contributed by atoms with E-state index in [0.29, 0.717) is 30.3 Å². The van der Waals surface area contributed by atoms with Crippen molar-refractivity contribution >= 4 is 55.7 Å². The van der Waals surface area contributed by atoms with Gasteiger partial charge in [-0.25, -0.2) is 4.98 Å². The average molecular weight is 545 g/mol. The zero-order valence-electron chi connectivity index (χ0n) is 20.1. The maximum absolute atomic E-state index is 6.45. The fourth-order valence-electron chi connectivity index (χ4n) is 5.45. The molecule has 0 aliphatic carbocycles. The predicted octanol–water partition coefficient (Wildman–Crippen LogP) is 8.33. The number of halogens is 1. The zero-order chi connectivity index (χ0) is 24.8. The smallest absolute Gasteiger partial charge is 0.162 e. The predicted molar refractivity (Wildman–Crippen MR) is 153 cm³/mol. The van der Waals surface area contributed by atoms with Gasteiger partial charge in [0.1, 0.15) is 6.61 Å². The van der Waals surface area contributed by atoms with Gasteiger partial charge < -0.3 is 14.8 Å². The van der Waals surface area contributed by atoms with E-state index in [1.807, 2.05) is 18.2 Å². The summed E-state index contributed by atoms with van der Waals surface area (Å²) in [7, 11) is 0. The molecule has 2 aliphatic rings. The number of thiazole rings is 1. The Morgan fingerprint density at radius 1 is 0.919 bits per heavy atom. The van der Waals surface area contributed by atoms with Crippen molar-refractivity contribution in [2.45, 2.75) is 35.9 Å². The summed E-state index contributed by atoms with van der Waals surface area (Å²) < 4.78 is 15.0. The van der Waals surface area contributed by atoms with Crippen LogP contribution in [0, 0.1) is 0 Å². The summed E-state index contributed by atoms with van der Waals surface area (Å²) in [6, 6.07) is 26.0. The molecule has 1 saturated heterocycles. The Bertz CT molecular complexity index is 1610. The molecule has 2 aliphatic heterocycles. The highest BCUT2D eigenvalue weighted by Crippen LogP contribution is 2.49. The summed E-state index contributed by atoms with van der Waals surface area (Å²) in [5.41, 5.74) is 4.85. The summed E-state index contributed by atoms with van der Waals surface area (Å²) in [6.07, 6.45) is 2.37. The second-order valence-electron chi connectivity index (χ2n) is 9.49. The number of benzene rings is 4. The first kappa shape index (κ1) is 23.4. The molecule has 0 amide bonds. The summed E-state index contributed by atoms with van der Waals surface area (Å²) in [5.74, 6) is 2.45. The minimum absolute atomic E-state index is 0.428. The van der Waals surface area contributed by atoms with Gasteiger partial charge in [-0.1, -0.05) is 65.8 Å². The van der Waals surface area contributed by atoms with Gasteiger partial charge in [0.05, 0.1) is 16.8 Å². The van der Waals surface area contributed by atoms with E-state index in [1.54, 1.807) is 23.1 Å². The van der Waals surface area contributed by atoms with Crippen molar-refractivity contribution in [3.8, 4) is 11.5 Å². The van der Waals surface area contributed by atoms with Crippen molar-refractivity contribution in [3.63, 3.8) is 0 Å². The summed E-state index contributed by atoms with van der Waals surface area (Å²) in [4.78, 5) is 4.71. The van der Waals surface area contributed by atoms with E-state index in [1.165, 1.54) is 40.3 Å². The van der Waals surface area contributed by atoms with E-state index >= 15 is 0 Å². The monoisotopic (exact) mass is 544 g/mol. The van der Waals surface area contributed by atoms with Gasteiger partial charge in [0, 0.05) is 22.9 Å². The lowest BCUT2D eigenvalue weighted by Crippen LogP contribution is -2.06. The Hall–Kier alpha value is -2.77. The molecule has 2 atom stereocenters. The van der Waals surface area contributed by atoms with Crippen LogP contribution < -0.4 is 14.8 Å². The lowest BCUT2D eigenvalue weighted by Gasteiger charge is -2.19. The number of fused-ring (bicyclic) bond motifs is 7. The molecule has 1 aromatic heterocycles. The highest BCUT2D eigenvalue weighted by Gasteiger charge is 2.37. The molecule has 0 spiro atoms. The van der Waals surface area contributed by atoms with Crippen LogP contribution in [0.1, 0.15) is 41.6 Å². The molecule has 0 unspecified atom stereocenters. The number of hydrogen-bond acceptors (Lipinski definition) is 6. The van der Waals surface area contributed by atoms with Crippen molar-refractivity contribution in [1.82, 2.24) is 10.3 Å². The second-order valence-corrected chi connectivity index (χ2v) is 12.3. The zero-order valence-corrected chi connectivity index (χ0v) is 22.5. The molecule has 3 heterocycles. The van der Waals surface area contributed by atoms with Gasteiger partial charge in [-0.3, -0.25) is 0 Å². The van der Waals surface area contributed by atoms with Gasteiger partial charge in [-0.15, -0.1) is 11.3 Å². The molecule has 1 N–H and O–H groups in total. The topological polar surface area (TPSA) is 43.4 Å². The van der Waals surface area contributed by atoms with E-state index < -0.39 is 0 Å². The van der Waals surface area contributed by atoms with E-state index in [4.69, 9.17) is 26.1 Å². The second kappa shape index (κ2) is 9.84. The van der Waals surface area contributed by atoms with Gasteiger partial charge in [0.25, 0.3) is 0 Å². The van der Waals surface area contributed by atoms with Crippen molar-refractivity contribution in [2.75, 3.05) is 12.4 Å². The molecule has 1 fully saturated rings. The van der Waals surface area contributed by atoms with Crippen LogP contribution in [0.4, 0.5) is 0 Å². The van der Waals surface area contributed by atoms with Gasteiger partial charge in [0.2, 0.25) is 0 Å². The van der Waals surface area contributed by atoms with Crippen LogP contribution in [0.25, 0.3) is 21.0 Å². The molecule has 5 aromatic rings. The van der Waals surface area contributed by atoms with Crippen molar-refractivity contribution < 1.29 is 9.47 Å². The Kier molecular flexibility index (Phi) is 6.21. The molecule has 7 heteroatoms. The maximum atomic E-state index is 6.45. The minimum Gasteiger partial charge on any atom is -0.489 e. The number of hydrogen-bond donors (Lipinski definition) is 1. The van der Waals surface area contributed by atoms with E-state index in [-0.39, 0.29) is 0 Å². The van der Waals surface area contributed by atoms with Crippen LogP contribution in [0.15, 0.2) is 77.1 Å². The average Bonchev–Trinajstić information content (AvgIpc) is 3.64. The van der Waals surface area contributed by atoms with E-state index in [0.717, 1.165) is 31.8 Å². The number of aromatic nitrogens is 1. The molecule has 0 saturated carbocycles. The number of nitrogens with one attached hydrogen (secondary N) is 1. The highest BCUT2D eigenvalue weighted by molar-refractivity contribution is 8.01. The molecular formula is C30H25ClN2O2S2. The third kappa shape index (κ3) is 4.57. The molecule has 2 bridgehead atoms. The van der Waals surface area contributed by atoms with Gasteiger partial charge in [-0.2, -0.15) is 0 Å². The fraction of sp³-hybridized carbons (Fsp3) is 0.233. The third-order valence-corrected chi connectivity index (χ3v) is 9.58. The Morgan fingerprint density at radius 2 is 1.70 bits per heavy atom. The Balaban J connectivity index is 1.09. The van der Waals surface area contributed by atoms with Gasteiger partial charge in [-0.05, 0) is 70.6 Å². The fourth-order valence-corrected chi connectivity index (χ4v) is 7.55. The first-order chi connectivity index (χ1) is 18.2. The van der Waals surface area contributed by atoms with Crippen LogP contribution in [-0.4, -0.2) is 17.3 Å². The molecule has 0 radical (unpaired) electrons. The number of nitrogens with zero attached hydrogens (tertiary/aromatic N) is 1. The first-order valence-electron chi connectivity index (χ1n) is 12.6. The Morgan fingerprint density at radius 3 is 2.57 bits per heavy atom. The van der Waals surface area contributed by atoms with E-state index in [9.17, 15) is 0 Å². The van der Waals surface area contributed by atoms with Crippen LogP contribution in [0.5, 0.6) is 11.5 Å². The standard InChI is InChI=1S/C30H25ClN2O2S2/c31-20-8-11-29-26(14-20)33-30(37-29)36-13-12-34-27-15-22-23(25-10-9-24(22)32-25)16-28(27)35-17-19-6-3-5-18-4-1-2-7-21(18)19/h1-8,11,14-16,24-25,32H,9-10,12-13,17H2/t24-,25+/m1/s1. The van der Waals surface area contributed by atoms with Crippen molar-refractivity contribution in [3.05, 3.63) is 94.5 Å². The quantitative estimate of drug-likeness (QED) is 0.157. The largest absolute Gasteiger partial charge is 0.489 e. The van der Waals surface area contributed by atoms with Crippen LogP contribution in [0.3, 0.4) is 0 Å². The van der Waals surface area contributed by atoms with Crippen molar-refractivity contribution in [2.24, 2.45) is 0 Å². The van der Waals surface area contributed by atoms with Crippen LogP contribution in [0.2, 0.25) is 5.02 Å². The third-order valence-electron chi connectivity index (χ3n) is 7.21. The lowest BCUT2D eigenvalue weighted by molar-refractivity contribution is 0.270. The lowest BCUT2D eigenvalue weighted by atomic mass is 9.91. The molecule has 4 nitrogen and oxygen atoms in total. The highest BCUT2D eigenvalue weighted by atomic mass is 35.5. The molecular weight excluding hydrogens is 520 g/mol. The molecule has 4 aromatic carbocycles. The normalized spacial score (nSPS) is 18.0. The molecule has 7 rings (SSSR count). The van der Waals surface area contributed by atoms with Gasteiger partial charge in [0.15, 0.2) is 15.8 Å². The van der Waals surface area contributed by atoms with E-state index in [2.05, 4.69) is 59.9 Å². The van der Waals surface area contributed by atoms with Crippen molar-refractivity contribution in [1.29, 1.82) is 0 Å². The number of ether oxygens (including phenoxy) is 2. The summed E-state index contributed by atoms with van der Waals surface area (Å²) in [5, 5.41) is 6.89. The maximum Gasteiger partial charge on any atom is 0.162 e. The van der Waals surface area contributed by atoms with Crippen LogP contribution in [-0.2, 0) is 6.61 Å². The number of thioether (sulfide) groups is 1. The number of rotatable bonds is 8. The Labute approximate surface area is 229 Å². The minimum atomic E-state index is 0.428.